The number of benzene rings is 3. The molecule has 0 saturated carbocycles. The summed E-state index contributed by atoms with van der Waals surface area (Å²) in [5.41, 5.74) is 2.78. The van der Waals surface area contributed by atoms with Gasteiger partial charge in [-0.25, -0.2) is 14.3 Å². The minimum atomic E-state index is -1.50. The average molecular weight is 593 g/mol. The summed E-state index contributed by atoms with van der Waals surface area (Å²) in [6.07, 6.45) is -0.734. The van der Waals surface area contributed by atoms with Gasteiger partial charge in [0.15, 0.2) is 0 Å². The fraction of sp³-hybridized carbons (Fsp3) is 0.394. The second-order valence-corrected chi connectivity index (χ2v) is 12.2. The first-order valence-corrected chi connectivity index (χ1v) is 15.5. The second kappa shape index (κ2) is 15.8. The van der Waals surface area contributed by atoms with Crippen LogP contribution in [0, 0.1) is 0 Å². The molecule has 4 rings (SSSR count). The topological polar surface area (TPSA) is 77.5 Å². The lowest BCUT2D eigenvalue weighted by atomic mass is 10.2. The lowest BCUT2D eigenvalue weighted by molar-refractivity contribution is -0.149. The third-order valence-corrected chi connectivity index (χ3v) is 9.00. The van der Waals surface area contributed by atoms with Crippen LogP contribution >= 0.6 is 8.53 Å². The fourth-order valence-electron chi connectivity index (χ4n) is 4.88. The Bertz CT molecular complexity index is 1170. The Balaban J connectivity index is 1.49. The minimum Gasteiger partial charge on any atom is -0.459 e. The number of nitrogens with zero attached hydrogens (tertiary/aromatic N) is 2. The first-order valence-electron chi connectivity index (χ1n) is 14.4. The molecule has 8 nitrogen and oxygen atoms in total. The maximum Gasteiger partial charge on any atom is 0.410 e. The van der Waals surface area contributed by atoms with E-state index in [0.29, 0.717) is 6.61 Å². The minimum absolute atomic E-state index is 0.106. The van der Waals surface area contributed by atoms with Gasteiger partial charge < -0.3 is 18.5 Å². The molecule has 0 bridgehead atoms. The number of esters is 1. The van der Waals surface area contributed by atoms with Crippen molar-refractivity contribution in [3.63, 3.8) is 0 Å². The van der Waals surface area contributed by atoms with Crippen LogP contribution in [0.3, 0.4) is 0 Å². The number of carbonyl (C=O) groups excluding carboxylic acids is 2. The maximum absolute atomic E-state index is 13.3. The summed E-state index contributed by atoms with van der Waals surface area (Å²) in [5, 5.41) is 0. The standard InChI is InChI=1S/C33H41N2O6P/c1-25(2)35(26(3)4)42(40-24-29-18-12-7-13-19-29)41-30-20-31(32(36)38-22-27-14-8-5-9-15-27)34(21-30)33(37)39-23-28-16-10-6-11-17-28/h5-19,25-26,30-31H,20-24H2,1-4H3/t30-,31+,42?/m0/s1. The molecule has 1 saturated heterocycles. The van der Waals surface area contributed by atoms with E-state index in [1.807, 2.05) is 91.0 Å². The lowest BCUT2D eigenvalue weighted by Crippen LogP contribution is -2.41. The second-order valence-electron chi connectivity index (χ2n) is 10.8. The lowest BCUT2D eigenvalue weighted by Gasteiger charge is -2.36. The zero-order chi connectivity index (χ0) is 29.9. The first-order chi connectivity index (χ1) is 20.3. The van der Waals surface area contributed by atoms with Crippen molar-refractivity contribution in [3.8, 4) is 0 Å². The number of ether oxygens (including phenoxy) is 2. The molecule has 9 heteroatoms. The molecule has 0 N–H and O–H groups in total. The molecular weight excluding hydrogens is 551 g/mol. The summed E-state index contributed by atoms with van der Waals surface area (Å²) in [6.45, 7) is 9.24. The zero-order valence-electron chi connectivity index (χ0n) is 24.8. The van der Waals surface area contributed by atoms with Crippen LogP contribution in [0.2, 0.25) is 0 Å². The molecule has 1 aliphatic rings. The highest BCUT2D eigenvalue weighted by Gasteiger charge is 2.44. The van der Waals surface area contributed by atoms with Crippen molar-refractivity contribution in [2.24, 2.45) is 0 Å². The third-order valence-electron chi connectivity index (χ3n) is 6.87. The highest BCUT2D eigenvalue weighted by atomic mass is 31.2. The van der Waals surface area contributed by atoms with Crippen molar-refractivity contribution in [1.29, 1.82) is 0 Å². The van der Waals surface area contributed by atoms with Gasteiger partial charge in [0.1, 0.15) is 19.3 Å². The number of carbonyl (C=O) groups is 2. The molecule has 1 fully saturated rings. The molecule has 224 valence electrons. The first kappa shape index (κ1) is 31.6. The average Bonchev–Trinajstić information content (AvgIpc) is 3.42. The molecule has 1 unspecified atom stereocenters. The molecule has 1 aliphatic heterocycles. The van der Waals surface area contributed by atoms with Crippen molar-refractivity contribution in [3.05, 3.63) is 108 Å². The Hall–Kier alpha value is -3.29. The number of hydrogen-bond acceptors (Lipinski definition) is 7. The Morgan fingerprint density at radius 1 is 0.762 bits per heavy atom. The van der Waals surface area contributed by atoms with Crippen LogP contribution in [0.4, 0.5) is 4.79 Å². The van der Waals surface area contributed by atoms with Gasteiger partial charge >= 0.3 is 12.1 Å². The van der Waals surface area contributed by atoms with Gasteiger partial charge in [-0.05, 0) is 44.4 Å². The quantitative estimate of drug-likeness (QED) is 0.155. The number of amides is 1. The Kier molecular flexibility index (Phi) is 11.9. The molecule has 3 aromatic rings. The van der Waals surface area contributed by atoms with Crippen LogP contribution in [-0.4, -0.2) is 52.4 Å². The van der Waals surface area contributed by atoms with Crippen LogP contribution in [0.1, 0.15) is 50.8 Å². The predicted molar refractivity (Wildman–Crippen MR) is 163 cm³/mol. The van der Waals surface area contributed by atoms with Crippen molar-refractivity contribution >= 4 is 20.6 Å². The smallest absolute Gasteiger partial charge is 0.410 e. The van der Waals surface area contributed by atoms with Crippen molar-refractivity contribution in [1.82, 2.24) is 9.57 Å². The summed E-state index contributed by atoms with van der Waals surface area (Å²) in [5.74, 6) is -0.485. The predicted octanol–water partition coefficient (Wildman–Crippen LogP) is 7.09. The Morgan fingerprint density at radius 2 is 1.24 bits per heavy atom. The van der Waals surface area contributed by atoms with Crippen LogP contribution < -0.4 is 0 Å². The van der Waals surface area contributed by atoms with Gasteiger partial charge in [0.25, 0.3) is 8.53 Å². The number of rotatable bonds is 13. The summed E-state index contributed by atoms with van der Waals surface area (Å²) in [6, 6.07) is 28.4. The van der Waals surface area contributed by atoms with E-state index in [4.69, 9.17) is 18.5 Å². The molecule has 0 aromatic heterocycles. The van der Waals surface area contributed by atoms with Gasteiger partial charge in [-0.1, -0.05) is 91.0 Å². The van der Waals surface area contributed by atoms with E-state index < -0.39 is 32.7 Å². The normalized spacial score (nSPS) is 17.5. The molecule has 0 radical (unpaired) electrons. The largest absolute Gasteiger partial charge is 0.459 e. The monoisotopic (exact) mass is 592 g/mol. The van der Waals surface area contributed by atoms with Gasteiger partial charge in [0.05, 0.1) is 19.3 Å². The molecule has 1 amide bonds. The molecular formula is C33H41N2O6P. The highest BCUT2D eigenvalue weighted by molar-refractivity contribution is 7.44. The van der Waals surface area contributed by atoms with Crippen LogP contribution in [0.5, 0.6) is 0 Å². The van der Waals surface area contributed by atoms with Gasteiger partial charge in [0.2, 0.25) is 0 Å². The number of hydrogen-bond donors (Lipinski definition) is 0. The highest BCUT2D eigenvalue weighted by Crippen LogP contribution is 2.49. The molecule has 0 spiro atoms. The SMILES string of the molecule is CC(C)N(C(C)C)P(OCc1ccccc1)O[C@H]1C[C@H](C(=O)OCc2ccccc2)N(C(=O)OCc2ccccc2)C1. The van der Waals surface area contributed by atoms with Crippen molar-refractivity contribution < 1.29 is 28.1 Å². The van der Waals surface area contributed by atoms with Crippen LogP contribution in [0.25, 0.3) is 0 Å². The molecule has 3 aromatic carbocycles. The number of likely N-dealkylation sites (tertiary alicyclic amines) is 1. The van der Waals surface area contributed by atoms with Gasteiger partial charge in [-0.15, -0.1) is 0 Å². The molecule has 42 heavy (non-hydrogen) atoms. The van der Waals surface area contributed by atoms with Crippen LogP contribution in [0.15, 0.2) is 91.0 Å². The van der Waals surface area contributed by atoms with Gasteiger partial charge in [-0.2, -0.15) is 0 Å². The molecule has 3 atom stereocenters. The van der Waals surface area contributed by atoms with E-state index in [1.54, 1.807) is 0 Å². The molecule has 1 heterocycles. The fourth-order valence-corrected chi connectivity index (χ4v) is 6.61. The summed E-state index contributed by atoms with van der Waals surface area (Å²) in [7, 11) is -1.50. The summed E-state index contributed by atoms with van der Waals surface area (Å²) >= 11 is 0. The van der Waals surface area contributed by atoms with E-state index in [2.05, 4.69) is 32.4 Å². The van der Waals surface area contributed by atoms with Crippen LogP contribution in [-0.2, 0) is 43.1 Å². The van der Waals surface area contributed by atoms with E-state index in [1.165, 1.54) is 4.90 Å². The Morgan fingerprint density at radius 3 is 1.74 bits per heavy atom. The summed E-state index contributed by atoms with van der Waals surface area (Å²) in [4.78, 5) is 28.1. The van der Waals surface area contributed by atoms with Gasteiger partial charge in [-0.3, -0.25) is 4.90 Å². The zero-order valence-corrected chi connectivity index (χ0v) is 25.7. The van der Waals surface area contributed by atoms with E-state index in [-0.39, 0.29) is 38.3 Å². The molecule has 0 aliphatic carbocycles. The van der Waals surface area contributed by atoms with E-state index in [0.717, 1.165) is 16.7 Å². The van der Waals surface area contributed by atoms with E-state index >= 15 is 0 Å². The Labute approximate surface area is 250 Å². The summed E-state index contributed by atoms with van der Waals surface area (Å²) < 4.78 is 26.5. The maximum atomic E-state index is 13.3. The van der Waals surface area contributed by atoms with E-state index in [9.17, 15) is 9.59 Å². The van der Waals surface area contributed by atoms with Crippen molar-refractivity contribution in [2.75, 3.05) is 6.54 Å². The third kappa shape index (κ3) is 9.10. The van der Waals surface area contributed by atoms with Crippen molar-refractivity contribution in [2.45, 2.75) is 78.2 Å². The van der Waals surface area contributed by atoms with Gasteiger partial charge in [0, 0.05) is 18.5 Å².